The van der Waals surface area contributed by atoms with Gasteiger partial charge >= 0.3 is 5.97 Å². The van der Waals surface area contributed by atoms with E-state index in [9.17, 15) is 9.59 Å². The van der Waals surface area contributed by atoms with Gasteiger partial charge in [-0.1, -0.05) is 45.0 Å². The predicted octanol–water partition coefficient (Wildman–Crippen LogP) is 2.72. The summed E-state index contributed by atoms with van der Waals surface area (Å²) in [5.41, 5.74) is 2.03. The molecule has 0 radical (unpaired) electrons. The average molecular weight is 327 g/mol. The van der Waals surface area contributed by atoms with Crippen LogP contribution in [0.3, 0.4) is 0 Å². The van der Waals surface area contributed by atoms with Crippen molar-refractivity contribution in [3.05, 3.63) is 59.7 Å². The van der Waals surface area contributed by atoms with Gasteiger partial charge in [0.15, 0.2) is 0 Å². The fourth-order valence-electron chi connectivity index (χ4n) is 2.29. The van der Waals surface area contributed by atoms with Crippen LogP contribution in [0.15, 0.2) is 42.9 Å². The van der Waals surface area contributed by atoms with E-state index >= 15 is 0 Å². The molecule has 0 aliphatic rings. The van der Waals surface area contributed by atoms with Gasteiger partial charge in [-0.2, -0.15) is 0 Å². The SMILES string of the molecule is CC(C)(C)c1ccc(C(CC(=O)O)NC(=O)c2cnccn2)cc1. The molecule has 6 nitrogen and oxygen atoms in total. The summed E-state index contributed by atoms with van der Waals surface area (Å²) in [4.78, 5) is 31.2. The van der Waals surface area contributed by atoms with Gasteiger partial charge in [0, 0.05) is 12.4 Å². The monoisotopic (exact) mass is 327 g/mol. The molecule has 2 N–H and O–H groups in total. The number of carbonyl (C=O) groups is 2. The molecule has 2 rings (SSSR count). The first kappa shape index (κ1) is 17.6. The summed E-state index contributed by atoms with van der Waals surface area (Å²) in [5.74, 6) is -1.44. The van der Waals surface area contributed by atoms with E-state index in [1.807, 2.05) is 24.3 Å². The number of amides is 1. The number of carbonyl (C=O) groups excluding carboxylic acids is 1. The third-order valence-electron chi connectivity index (χ3n) is 3.66. The molecule has 0 spiro atoms. The van der Waals surface area contributed by atoms with E-state index in [0.29, 0.717) is 0 Å². The van der Waals surface area contributed by atoms with Gasteiger partial charge in [0.05, 0.1) is 18.7 Å². The maximum Gasteiger partial charge on any atom is 0.305 e. The number of nitrogens with one attached hydrogen (secondary N) is 1. The van der Waals surface area contributed by atoms with E-state index in [4.69, 9.17) is 5.11 Å². The number of nitrogens with zero attached hydrogens (tertiary/aromatic N) is 2. The topological polar surface area (TPSA) is 92.2 Å². The fourth-order valence-corrected chi connectivity index (χ4v) is 2.29. The fraction of sp³-hybridized carbons (Fsp3) is 0.333. The van der Waals surface area contributed by atoms with E-state index in [1.165, 1.54) is 18.6 Å². The van der Waals surface area contributed by atoms with Crippen molar-refractivity contribution in [3.63, 3.8) is 0 Å². The highest BCUT2D eigenvalue weighted by atomic mass is 16.4. The van der Waals surface area contributed by atoms with E-state index in [1.54, 1.807) is 0 Å². The maximum absolute atomic E-state index is 12.2. The molecular formula is C18H21N3O3. The number of carboxylic acid groups (broad SMARTS) is 1. The number of aliphatic carboxylic acids is 1. The molecule has 24 heavy (non-hydrogen) atoms. The molecule has 0 saturated carbocycles. The summed E-state index contributed by atoms with van der Waals surface area (Å²) in [6.07, 6.45) is 4.02. The van der Waals surface area contributed by atoms with Crippen molar-refractivity contribution >= 4 is 11.9 Å². The minimum Gasteiger partial charge on any atom is -0.481 e. The molecule has 1 atom stereocenters. The predicted molar refractivity (Wildman–Crippen MR) is 89.6 cm³/mol. The summed E-state index contributed by atoms with van der Waals surface area (Å²) < 4.78 is 0. The number of hydrogen-bond donors (Lipinski definition) is 2. The van der Waals surface area contributed by atoms with Gasteiger partial charge in [0.2, 0.25) is 0 Å². The van der Waals surface area contributed by atoms with Crippen molar-refractivity contribution in [3.8, 4) is 0 Å². The lowest BCUT2D eigenvalue weighted by Crippen LogP contribution is -2.31. The van der Waals surface area contributed by atoms with Crippen LogP contribution in [0, 0.1) is 0 Å². The average Bonchev–Trinajstić information content (AvgIpc) is 2.54. The molecule has 1 aromatic heterocycles. The van der Waals surface area contributed by atoms with Crippen LogP contribution in [0.4, 0.5) is 0 Å². The first-order valence-electron chi connectivity index (χ1n) is 7.66. The van der Waals surface area contributed by atoms with Gasteiger partial charge in [0.1, 0.15) is 5.69 Å². The van der Waals surface area contributed by atoms with Crippen LogP contribution >= 0.6 is 0 Å². The Hall–Kier alpha value is -2.76. The van der Waals surface area contributed by atoms with E-state index in [-0.39, 0.29) is 17.5 Å². The Morgan fingerprint density at radius 3 is 2.33 bits per heavy atom. The molecule has 1 aromatic carbocycles. The zero-order valence-corrected chi connectivity index (χ0v) is 14.0. The van der Waals surface area contributed by atoms with Crippen LogP contribution in [-0.2, 0) is 10.2 Å². The van der Waals surface area contributed by atoms with E-state index in [2.05, 4.69) is 36.1 Å². The molecule has 6 heteroatoms. The third-order valence-corrected chi connectivity index (χ3v) is 3.66. The summed E-state index contributed by atoms with van der Waals surface area (Å²) in [6.45, 7) is 6.31. The normalized spacial score (nSPS) is 12.5. The summed E-state index contributed by atoms with van der Waals surface area (Å²) in [7, 11) is 0. The van der Waals surface area contributed by atoms with E-state index < -0.39 is 17.9 Å². The first-order valence-corrected chi connectivity index (χ1v) is 7.66. The minimum absolute atomic E-state index is 0.00367. The molecule has 1 heterocycles. The Kier molecular flexibility index (Phi) is 5.28. The Morgan fingerprint density at radius 1 is 1.17 bits per heavy atom. The standard InChI is InChI=1S/C18H21N3O3/c1-18(2,3)13-6-4-12(5-7-13)14(10-16(22)23)21-17(24)15-11-19-8-9-20-15/h4-9,11,14H,10H2,1-3H3,(H,21,24)(H,22,23). The highest BCUT2D eigenvalue weighted by Crippen LogP contribution is 2.25. The van der Waals surface area contributed by atoms with Gasteiger partial charge in [-0.3, -0.25) is 14.6 Å². The van der Waals surface area contributed by atoms with Crippen LogP contribution in [0.5, 0.6) is 0 Å². The Bertz CT molecular complexity index is 707. The molecule has 0 aliphatic carbocycles. The second-order valence-electron chi connectivity index (χ2n) is 6.59. The van der Waals surface area contributed by atoms with Crippen LogP contribution in [0.1, 0.15) is 54.8 Å². The first-order chi connectivity index (χ1) is 11.3. The number of benzene rings is 1. The summed E-state index contributed by atoms with van der Waals surface area (Å²) in [5, 5.41) is 11.9. The quantitative estimate of drug-likeness (QED) is 0.881. The molecule has 2 aromatic rings. The Morgan fingerprint density at radius 2 is 1.83 bits per heavy atom. The van der Waals surface area contributed by atoms with Crippen molar-refractivity contribution < 1.29 is 14.7 Å². The van der Waals surface area contributed by atoms with Gasteiger partial charge < -0.3 is 10.4 Å². The summed E-state index contributed by atoms with van der Waals surface area (Å²) >= 11 is 0. The molecule has 0 fully saturated rings. The lowest BCUT2D eigenvalue weighted by Gasteiger charge is -2.21. The number of carboxylic acids is 1. The molecule has 1 amide bonds. The smallest absolute Gasteiger partial charge is 0.305 e. The van der Waals surface area contributed by atoms with Gasteiger partial charge in [-0.25, -0.2) is 4.98 Å². The zero-order chi connectivity index (χ0) is 17.7. The highest BCUT2D eigenvalue weighted by molar-refractivity contribution is 5.92. The molecule has 0 saturated heterocycles. The molecule has 126 valence electrons. The van der Waals surface area contributed by atoms with Gasteiger partial charge in [-0.15, -0.1) is 0 Å². The van der Waals surface area contributed by atoms with Crippen molar-refractivity contribution in [1.82, 2.24) is 15.3 Å². The van der Waals surface area contributed by atoms with Crippen LogP contribution in [-0.4, -0.2) is 27.0 Å². The zero-order valence-electron chi connectivity index (χ0n) is 14.0. The highest BCUT2D eigenvalue weighted by Gasteiger charge is 2.21. The van der Waals surface area contributed by atoms with Gasteiger partial charge in [-0.05, 0) is 16.5 Å². The van der Waals surface area contributed by atoms with Crippen LogP contribution < -0.4 is 5.32 Å². The number of hydrogen-bond acceptors (Lipinski definition) is 4. The molecule has 0 bridgehead atoms. The Balaban J connectivity index is 2.22. The molecule has 0 aliphatic heterocycles. The van der Waals surface area contributed by atoms with Crippen LogP contribution in [0.25, 0.3) is 0 Å². The van der Waals surface area contributed by atoms with Crippen molar-refractivity contribution in [2.75, 3.05) is 0 Å². The lowest BCUT2D eigenvalue weighted by molar-refractivity contribution is -0.137. The van der Waals surface area contributed by atoms with Crippen LogP contribution in [0.2, 0.25) is 0 Å². The third kappa shape index (κ3) is 4.62. The Labute approximate surface area is 141 Å². The largest absolute Gasteiger partial charge is 0.481 e. The molecular weight excluding hydrogens is 306 g/mol. The number of aromatic nitrogens is 2. The second-order valence-corrected chi connectivity index (χ2v) is 6.59. The number of rotatable bonds is 5. The minimum atomic E-state index is -0.987. The van der Waals surface area contributed by atoms with E-state index in [0.717, 1.165) is 11.1 Å². The van der Waals surface area contributed by atoms with Gasteiger partial charge in [0.25, 0.3) is 5.91 Å². The second kappa shape index (κ2) is 7.21. The van der Waals surface area contributed by atoms with Crippen molar-refractivity contribution in [2.24, 2.45) is 0 Å². The van der Waals surface area contributed by atoms with Crippen molar-refractivity contribution in [2.45, 2.75) is 38.6 Å². The maximum atomic E-state index is 12.2. The summed E-state index contributed by atoms with van der Waals surface area (Å²) in [6, 6.07) is 6.99. The van der Waals surface area contributed by atoms with Crippen molar-refractivity contribution in [1.29, 1.82) is 0 Å². The lowest BCUT2D eigenvalue weighted by atomic mass is 9.86. The molecule has 1 unspecified atom stereocenters.